The fraction of sp³-hybridized carbons (Fsp3) is 0.433. The molecule has 14 nitrogen and oxygen atoms in total. The first-order chi connectivity index (χ1) is 20.7. The Balaban J connectivity index is 1.48. The number of amides is 2. The van der Waals surface area contributed by atoms with Crippen LogP contribution in [-0.4, -0.2) is 98.5 Å². The Morgan fingerprint density at radius 2 is 1.80 bits per heavy atom. The second-order valence-electron chi connectivity index (χ2n) is 11.8. The molecule has 232 valence electrons. The van der Waals surface area contributed by atoms with E-state index in [0.29, 0.717) is 12.2 Å². The molecular formula is C30H33N5O9. The lowest BCUT2D eigenvalue weighted by molar-refractivity contribution is -0.196. The van der Waals surface area contributed by atoms with E-state index >= 15 is 0 Å². The van der Waals surface area contributed by atoms with Gasteiger partial charge in [-0.05, 0) is 43.8 Å². The van der Waals surface area contributed by atoms with Gasteiger partial charge in [-0.1, -0.05) is 19.1 Å². The third kappa shape index (κ3) is 4.61. The average molecular weight is 608 g/mol. The Hall–Kier alpha value is -4.37. The van der Waals surface area contributed by atoms with E-state index in [9.17, 15) is 44.1 Å². The molecule has 44 heavy (non-hydrogen) atoms. The lowest BCUT2D eigenvalue weighted by Gasteiger charge is -2.56. The third-order valence-corrected chi connectivity index (χ3v) is 9.08. The number of hydrogen-bond acceptors (Lipinski definition) is 12. The van der Waals surface area contributed by atoms with Gasteiger partial charge in [0.1, 0.15) is 5.75 Å². The normalized spacial score (nSPS) is 31.3. The molecule has 8 atom stereocenters. The van der Waals surface area contributed by atoms with Gasteiger partial charge in [0.25, 0.3) is 0 Å². The number of anilines is 1. The summed E-state index contributed by atoms with van der Waals surface area (Å²) in [4.78, 5) is 84.9. The fourth-order valence-corrected chi connectivity index (χ4v) is 7.09. The number of aromatic nitrogens is 1. The minimum Gasteiger partial charge on any atom is -0.505 e. The van der Waals surface area contributed by atoms with Gasteiger partial charge >= 0.3 is 0 Å². The molecule has 1 aromatic carbocycles. The van der Waals surface area contributed by atoms with Crippen molar-refractivity contribution in [2.75, 3.05) is 26.0 Å². The highest BCUT2D eigenvalue weighted by Crippen LogP contribution is 2.55. The topological polar surface area (TPSA) is 229 Å². The van der Waals surface area contributed by atoms with Crippen molar-refractivity contribution in [1.29, 1.82) is 0 Å². The van der Waals surface area contributed by atoms with Crippen LogP contribution in [0, 0.1) is 23.7 Å². The van der Waals surface area contributed by atoms with E-state index in [2.05, 4.69) is 15.6 Å². The molecule has 0 radical (unpaired) electrons. The smallest absolute Gasteiger partial charge is 0.238 e. The molecule has 0 aliphatic heterocycles. The van der Waals surface area contributed by atoms with Crippen LogP contribution < -0.4 is 16.4 Å². The third-order valence-electron chi connectivity index (χ3n) is 9.08. The molecule has 14 heteroatoms. The number of likely N-dealkylation sites (N-methyl/N-ethyl adjacent to an activating group) is 1. The minimum absolute atomic E-state index is 0.117. The molecule has 0 spiro atoms. The predicted molar refractivity (Wildman–Crippen MR) is 152 cm³/mol. The summed E-state index contributed by atoms with van der Waals surface area (Å²) in [5, 5.41) is 39.9. The molecule has 2 saturated carbocycles. The second kappa shape index (κ2) is 11.3. The summed E-state index contributed by atoms with van der Waals surface area (Å²) in [6, 6.07) is 6.74. The van der Waals surface area contributed by atoms with E-state index in [4.69, 9.17) is 5.73 Å². The van der Waals surface area contributed by atoms with E-state index in [0.717, 1.165) is 0 Å². The number of aliphatic hydroxyl groups excluding tert-OH is 1. The fourth-order valence-electron chi connectivity index (χ4n) is 7.09. The summed E-state index contributed by atoms with van der Waals surface area (Å²) >= 11 is 0. The zero-order chi connectivity index (χ0) is 32.2. The first-order valence-electron chi connectivity index (χ1n) is 14.0. The molecule has 1 heterocycles. The van der Waals surface area contributed by atoms with Crippen molar-refractivity contribution in [3.63, 3.8) is 0 Å². The lowest BCUT2D eigenvalue weighted by Crippen LogP contribution is -2.77. The molecule has 5 rings (SSSR count). The van der Waals surface area contributed by atoms with Gasteiger partial charge in [-0.25, -0.2) is 0 Å². The van der Waals surface area contributed by atoms with Crippen molar-refractivity contribution in [1.82, 2.24) is 15.2 Å². The summed E-state index contributed by atoms with van der Waals surface area (Å²) in [6.45, 7) is 1.75. The van der Waals surface area contributed by atoms with Crippen LogP contribution in [0.2, 0.25) is 0 Å². The molecule has 6 unspecified atom stereocenters. The van der Waals surface area contributed by atoms with Crippen LogP contribution in [0.25, 0.3) is 0 Å². The number of benzene rings is 1. The molecule has 2 fully saturated rings. The zero-order valence-corrected chi connectivity index (χ0v) is 24.2. The van der Waals surface area contributed by atoms with Crippen LogP contribution in [0.15, 0.2) is 36.5 Å². The van der Waals surface area contributed by atoms with Gasteiger partial charge < -0.3 is 31.7 Å². The van der Waals surface area contributed by atoms with Gasteiger partial charge in [0, 0.05) is 18.7 Å². The van der Waals surface area contributed by atoms with Gasteiger partial charge in [0.2, 0.25) is 11.8 Å². The van der Waals surface area contributed by atoms with Crippen molar-refractivity contribution < 1.29 is 44.1 Å². The molecule has 3 aliphatic rings. The van der Waals surface area contributed by atoms with Crippen LogP contribution in [0.4, 0.5) is 5.69 Å². The standard InChI is InChI=1S/C30H33N5O9/c1-12-14-7-8-15(34-16(36)11-32-10-13-6-4-5-9-33-13)23(37)18(14)24(38)19-17(12)25(39)21-22(35(2)3)26(40)20(29(31)43)28(42)30(21,44)27(19)41/h4-9,12,17,19-22,25,32,37,39,44H,10-11H2,1-3H3,(H2,31,43)(H,34,36)/t12?,17?,19?,20?,21?,22-,25?,30-/m0/s1. The summed E-state index contributed by atoms with van der Waals surface area (Å²) in [5.74, 6) is -14.9. The largest absolute Gasteiger partial charge is 0.505 e. The number of primary amides is 1. The van der Waals surface area contributed by atoms with Crippen molar-refractivity contribution in [2.24, 2.45) is 29.4 Å². The predicted octanol–water partition coefficient (Wildman–Crippen LogP) is -1.48. The second-order valence-corrected chi connectivity index (χ2v) is 11.8. The first-order valence-corrected chi connectivity index (χ1v) is 14.0. The maximum atomic E-state index is 14.0. The van der Waals surface area contributed by atoms with Gasteiger partial charge in [-0.2, -0.15) is 0 Å². The SMILES string of the molecule is CC1c2ccc(NC(=O)CNCc3ccccn3)c(O)c2C(=O)C2C(=O)[C@]3(O)C(=O)C(C(N)=O)C(=O)[C@@H](N(C)C)C3C(O)C21. The Labute approximate surface area is 251 Å². The average Bonchev–Trinajstić information content (AvgIpc) is 2.96. The monoisotopic (exact) mass is 607 g/mol. The number of nitrogens with one attached hydrogen (secondary N) is 2. The number of pyridine rings is 1. The number of carbonyl (C=O) groups excluding carboxylic acids is 6. The van der Waals surface area contributed by atoms with E-state index < -0.39 is 88.0 Å². The molecule has 2 amide bonds. The van der Waals surface area contributed by atoms with Crippen molar-refractivity contribution in [2.45, 2.75) is 37.1 Å². The molecule has 0 bridgehead atoms. The van der Waals surface area contributed by atoms with Crippen LogP contribution in [0.3, 0.4) is 0 Å². The number of rotatable bonds is 7. The Bertz CT molecular complexity index is 1580. The molecule has 7 N–H and O–H groups in total. The summed E-state index contributed by atoms with van der Waals surface area (Å²) in [5.41, 5.74) is 2.78. The highest BCUT2D eigenvalue weighted by atomic mass is 16.3. The maximum absolute atomic E-state index is 14.0. The van der Waals surface area contributed by atoms with Crippen LogP contribution in [-0.2, 0) is 30.5 Å². The maximum Gasteiger partial charge on any atom is 0.238 e. The summed E-state index contributed by atoms with van der Waals surface area (Å²) in [7, 11) is 2.85. The number of phenols is 1. The zero-order valence-electron chi connectivity index (χ0n) is 24.2. The molecule has 2 aromatic rings. The molecule has 3 aliphatic carbocycles. The van der Waals surface area contributed by atoms with Crippen molar-refractivity contribution in [3.05, 3.63) is 53.3 Å². The lowest BCUT2D eigenvalue weighted by atomic mass is 9.49. The molecule has 1 aromatic heterocycles. The van der Waals surface area contributed by atoms with E-state index in [1.54, 1.807) is 31.3 Å². The number of aliphatic hydroxyl groups is 2. The number of ketones is 4. The number of nitrogens with zero attached hydrogens (tertiary/aromatic N) is 2. The number of aromatic hydroxyl groups is 1. The number of carbonyl (C=O) groups is 6. The van der Waals surface area contributed by atoms with Crippen LogP contribution in [0.5, 0.6) is 5.75 Å². The number of hydrogen-bond donors (Lipinski definition) is 6. The Morgan fingerprint density at radius 3 is 2.41 bits per heavy atom. The Morgan fingerprint density at radius 1 is 1.09 bits per heavy atom. The van der Waals surface area contributed by atoms with Gasteiger partial charge in [-0.3, -0.25) is 38.7 Å². The number of nitrogens with two attached hydrogens (primary N) is 1. The van der Waals surface area contributed by atoms with Gasteiger partial charge in [0.15, 0.2) is 34.7 Å². The van der Waals surface area contributed by atoms with E-state index in [-0.39, 0.29) is 23.4 Å². The van der Waals surface area contributed by atoms with E-state index in [1.807, 2.05) is 0 Å². The number of phenolic OH excluding ortho intramolecular Hbond substituents is 1. The highest BCUT2D eigenvalue weighted by Gasteiger charge is 2.72. The first kappa shape index (κ1) is 31.1. The van der Waals surface area contributed by atoms with Crippen molar-refractivity contribution >= 4 is 40.6 Å². The quantitative estimate of drug-likeness (QED) is 0.156. The van der Waals surface area contributed by atoms with Crippen molar-refractivity contribution in [3.8, 4) is 5.75 Å². The molecular weight excluding hydrogens is 574 g/mol. The number of Topliss-reactive ketones (excluding diaryl/α,β-unsaturated/α-hetero) is 4. The van der Waals surface area contributed by atoms with Gasteiger partial charge in [-0.15, -0.1) is 0 Å². The summed E-state index contributed by atoms with van der Waals surface area (Å²) < 4.78 is 0. The van der Waals surface area contributed by atoms with Gasteiger partial charge in [0.05, 0.1) is 47.5 Å². The van der Waals surface area contributed by atoms with E-state index in [1.165, 1.54) is 31.1 Å². The number of fused-ring (bicyclic) bond motifs is 3. The summed E-state index contributed by atoms with van der Waals surface area (Å²) in [6.07, 6.45) is -0.115. The van der Waals surface area contributed by atoms with Crippen LogP contribution >= 0.6 is 0 Å². The minimum atomic E-state index is -3.09. The highest BCUT2D eigenvalue weighted by molar-refractivity contribution is 6.32. The molecule has 0 saturated heterocycles. The van der Waals surface area contributed by atoms with Crippen LogP contribution in [0.1, 0.15) is 34.5 Å². The Kier molecular flexibility index (Phi) is 7.97.